The number of nitrogens with one attached hydrogen (secondary N) is 1. The second-order valence-corrected chi connectivity index (χ2v) is 5.33. The summed E-state index contributed by atoms with van der Waals surface area (Å²) in [5.41, 5.74) is 4.88. The predicted molar refractivity (Wildman–Crippen MR) is 90.1 cm³/mol. The standard InChI is InChI=1S/C18H17N3O2/c1-11-4-9-15-16(10-12(2)20-17(15)19-11)21-14-7-5-13(6-8-14)18(22)23-3/h4-10H,1-3H3,(H,19,20,21). The van der Waals surface area contributed by atoms with Crippen LogP contribution < -0.4 is 5.32 Å². The van der Waals surface area contributed by atoms with Crippen LogP contribution in [0, 0.1) is 13.8 Å². The van der Waals surface area contributed by atoms with Crippen LogP contribution in [0.5, 0.6) is 0 Å². The van der Waals surface area contributed by atoms with Crippen LogP contribution in [0.4, 0.5) is 11.4 Å². The molecule has 0 bridgehead atoms. The van der Waals surface area contributed by atoms with Gasteiger partial charge in [0, 0.05) is 22.5 Å². The van der Waals surface area contributed by atoms with E-state index in [2.05, 4.69) is 15.3 Å². The SMILES string of the molecule is COC(=O)c1ccc(Nc2cc(C)nc3nc(C)ccc23)cc1. The second-order valence-electron chi connectivity index (χ2n) is 5.33. The van der Waals surface area contributed by atoms with Gasteiger partial charge in [-0.15, -0.1) is 0 Å². The molecule has 0 aliphatic rings. The number of hydrogen-bond donors (Lipinski definition) is 1. The summed E-state index contributed by atoms with van der Waals surface area (Å²) in [6.45, 7) is 3.89. The predicted octanol–water partition coefficient (Wildman–Crippen LogP) is 3.78. The van der Waals surface area contributed by atoms with Crippen LogP contribution in [-0.4, -0.2) is 23.0 Å². The van der Waals surface area contributed by atoms with Gasteiger partial charge in [0.1, 0.15) is 0 Å². The van der Waals surface area contributed by atoms with Crippen LogP contribution in [-0.2, 0) is 4.74 Å². The van der Waals surface area contributed by atoms with Crippen LogP contribution in [0.25, 0.3) is 11.0 Å². The molecule has 0 atom stereocenters. The number of pyridine rings is 2. The van der Waals surface area contributed by atoms with E-state index >= 15 is 0 Å². The molecule has 3 rings (SSSR count). The number of carbonyl (C=O) groups is 1. The maximum absolute atomic E-state index is 11.5. The van der Waals surface area contributed by atoms with Crippen molar-refractivity contribution in [2.75, 3.05) is 12.4 Å². The van der Waals surface area contributed by atoms with E-state index in [0.29, 0.717) is 5.56 Å². The molecule has 23 heavy (non-hydrogen) atoms. The van der Waals surface area contributed by atoms with E-state index < -0.39 is 0 Å². The lowest BCUT2D eigenvalue weighted by Crippen LogP contribution is -2.01. The number of hydrogen-bond acceptors (Lipinski definition) is 5. The largest absolute Gasteiger partial charge is 0.465 e. The fourth-order valence-electron chi connectivity index (χ4n) is 2.39. The molecule has 0 fully saturated rings. The van der Waals surface area contributed by atoms with Gasteiger partial charge in [-0.25, -0.2) is 14.8 Å². The van der Waals surface area contributed by atoms with E-state index in [4.69, 9.17) is 4.74 Å². The third-order valence-electron chi connectivity index (χ3n) is 3.53. The van der Waals surface area contributed by atoms with E-state index in [1.54, 1.807) is 12.1 Å². The number of nitrogens with zero attached hydrogens (tertiary/aromatic N) is 2. The van der Waals surface area contributed by atoms with Crippen molar-refractivity contribution in [3.8, 4) is 0 Å². The van der Waals surface area contributed by atoms with Crippen molar-refractivity contribution in [1.29, 1.82) is 0 Å². The molecule has 5 heteroatoms. The number of fused-ring (bicyclic) bond motifs is 1. The van der Waals surface area contributed by atoms with Gasteiger partial charge in [-0.3, -0.25) is 0 Å². The van der Waals surface area contributed by atoms with Crippen molar-refractivity contribution < 1.29 is 9.53 Å². The molecule has 116 valence electrons. The molecule has 2 heterocycles. The van der Waals surface area contributed by atoms with Gasteiger partial charge in [0.2, 0.25) is 0 Å². The number of esters is 1. The molecule has 0 aliphatic heterocycles. The topological polar surface area (TPSA) is 64.1 Å². The highest BCUT2D eigenvalue weighted by Gasteiger charge is 2.08. The van der Waals surface area contributed by atoms with Crippen molar-refractivity contribution in [1.82, 2.24) is 9.97 Å². The highest BCUT2D eigenvalue weighted by atomic mass is 16.5. The number of ether oxygens (including phenoxy) is 1. The second kappa shape index (κ2) is 6.04. The van der Waals surface area contributed by atoms with Crippen LogP contribution >= 0.6 is 0 Å². The number of methoxy groups -OCH3 is 1. The Labute approximate surface area is 134 Å². The fourth-order valence-corrected chi connectivity index (χ4v) is 2.39. The number of aryl methyl sites for hydroxylation is 2. The quantitative estimate of drug-likeness (QED) is 0.746. The Morgan fingerprint density at radius 2 is 1.70 bits per heavy atom. The first kappa shape index (κ1) is 15.0. The maximum atomic E-state index is 11.5. The molecule has 0 saturated carbocycles. The summed E-state index contributed by atoms with van der Waals surface area (Å²) in [6.07, 6.45) is 0. The number of carbonyl (C=O) groups excluding carboxylic acids is 1. The molecule has 0 spiro atoms. The minimum atomic E-state index is -0.346. The van der Waals surface area contributed by atoms with Crippen molar-refractivity contribution in [3.05, 3.63) is 59.4 Å². The van der Waals surface area contributed by atoms with Gasteiger partial charge in [0.25, 0.3) is 0 Å². The van der Waals surface area contributed by atoms with Crippen molar-refractivity contribution in [2.45, 2.75) is 13.8 Å². The fraction of sp³-hybridized carbons (Fsp3) is 0.167. The van der Waals surface area contributed by atoms with Crippen LogP contribution in [0.3, 0.4) is 0 Å². The van der Waals surface area contributed by atoms with Gasteiger partial charge in [0.05, 0.1) is 18.4 Å². The molecule has 5 nitrogen and oxygen atoms in total. The Balaban J connectivity index is 1.96. The van der Waals surface area contributed by atoms with Gasteiger partial charge < -0.3 is 10.1 Å². The minimum absolute atomic E-state index is 0.346. The smallest absolute Gasteiger partial charge is 0.337 e. The Morgan fingerprint density at radius 3 is 2.39 bits per heavy atom. The Bertz CT molecular complexity index is 868. The van der Waals surface area contributed by atoms with Crippen LogP contribution in [0.1, 0.15) is 21.7 Å². The van der Waals surface area contributed by atoms with E-state index in [1.165, 1.54) is 7.11 Å². The highest BCUT2D eigenvalue weighted by Crippen LogP contribution is 2.26. The van der Waals surface area contributed by atoms with E-state index in [9.17, 15) is 4.79 Å². The molecular formula is C18H17N3O2. The average molecular weight is 307 g/mol. The molecule has 0 unspecified atom stereocenters. The molecule has 0 radical (unpaired) electrons. The van der Waals surface area contributed by atoms with Crippen LogP contribution in [0.2, 0.25) is 0 Å². The Kier molecular flexibility index (Phi) is 3.93. The first-order valence-electron chi connectivity index (χ1n) is 7.27. The normalized spacial score (nSPS) is 10.6. The minimum Gasteiger partial charge on any atom is -0.465 e. The molecule has 2 aromatic heterocycles. The van der Waals surface area contributed by atoms with E-state index in [0.717, 1.165) is 33.8 Å². The lowest BCUT2D eigenvalue weighted by Gasteiger charge is -2.11. The van der Waals surface area contributed by atoms with Crippen LogP contribution in [0.15, 0.2) is 42.5 Å². The van der Waals surface area contributed by atoms with Crippen molar-refractivity contribution in [2.24, 2.45) is 0 Å². The first-order chi connectivity index (χ1) is 11.1. The van der Waals surface area contributed by atoms with Gasteiger partial charge in [-0.05, 0) is 56.3 Å². The summed E-state index contributed by atoms with van der Waals surface area (Å²) in [6, 6.07) is 13.1. The molecule has 0 aliphatic carbocycles. The average Bonchev–Trinajstić information content (AvgIpc) is 2.54. The number of aromatic nitrogens is 2. The van der Waals surface area contributed by atoms with Gasteiger partial charge in [0.15, 0.2) is 5.65 Å². The Hall–Kier alpha value is -2.95. The zero-order chi connectivity index (χ0) is 16.4. The molecule has 1 aromatic carbocycles. The lowest BCUT2D eigenvalue weighted by atomic mass is 10.1. The third-order valence-corrected chi connectivity index (χ3v) is 3.53. The van der Waals surface area contributed by atoms with Gasteiger partial charge in [-0.2, -0.15) is 0 Å². The summed E-state index contributed by atoms with van der Waals surface area (Å²) in [7, 11) is 1.37. The lowest BCUT2D eigenvalue weighted by molar-refractivity contribution is 0.0601. The maximum Gasteiger partial charge on any atom is 0.337 e. The number of rotatable bonds is 3. The number of benzene rings is 1. The molecule has 0 amide bonds. The molecular weight excluding hydrogens is 290 g/mol. The Morgan fingerprint density at radius 1 is 1.00 bits per heavy atom. The van der Waals surface area contributed by atoms with Crippen molar-refractivity contribution >= 4 is 28.4 Å². The van der Waals surface area contributed by atoms with Crippen molar-refractivity contribution in [3.63, 3.8) is 0 Å². The monoisotopic (exact) mass is 307 g/mol. The summed E-state index contributed by atoms with van der Waals surface area (Å²) in [4.78, 5) is 20.4. The zero-order valence-corrected chi connectivity index (χ0v) is 13.3. The number of anilines is 2. The summed E-state index contributed by atoms with van der Waals surface area (Å²) < 4.78 is 4.70. The van der Waals surface area contributed by atoms with E-state index in [-0.39, 0.29) is 5.97 Å². The summed E-state index contributed by atoms with van der Waals surface area (Å²) in [5, 5.41) is 4.32. The van der Waals surface area contributed by atoms with Gasteiger partial charge in [-0.1, -0.05) is 0 Å². The summed E-state index contributed by atoms with van der Waals surface area (Å²) >= 11 is 0. The third kappa shape index (κ3) is 3.13. The molecule has 3 aromatic rings. The van der Waals surface area contributed by atoms with E-state index in [1.807, 2.05) is 44.2 Å². The molecule has 1 N–H and O–H groups in total. The first-order valence-corrected chi connectivity index (χ1v) is 7.27. The molecule has 0 saturated heterocycles. The zero-order valence-electron chi connectivity index (χ0n) is 13.3. The van der Waals surface area contributed by atoms with Gasteiger partial charge >= 0.3 is 5.97 Å². The highest BCUT2D eigenvalue weighted by molar-refractivity contribution is 5.92. The summed E-state index contributed by atoms with van der Waals surface area (Å²) in [5.74, 6) is -0.346.